The maximum absolute atomic E-state index is 5.47. The van der Waals surface area contributed by atoms with Crippen LogP contribution in [0, 0.1) is 0 Å². The van der Waals surface area contributed by atoms with Gasteiger partial charge in [0.25, 0.3) is 0 Å². The van der Waals surface area contributed by atoms with Crippen LogP contribution in [0.25, 0.3) is 10.8 Å². The van der Waals surface area contributed by atoms with Crippen molar-refractivity contribution in [2.45, 2.75) is 13.5 Å². The molecule has 0 N–H and O–H groups in total. The van der Waals surface area contributed by atoms with Gasteiger partial charge in [0.15, 0.2) is 0 Å². The van der Waals surface area contributed by atoms with Gasteiger partial charge in [0.2, 0.25) is 0 Å². The van der Waals surface area contributed by atoms with E-state index in [0.29, 0.717) is 13.2 Å². The molecule has 3 heteroatoms. The Morgan fingerprint density at radius 3 is 2.69 bits per heavy atom. The van der Waals surface area contributed by atoms with Crippen LogP contribution in [0.1, 0.15) is 12.5 Å². The standard InChI is InChI=1S/C13H14O2Si/c1-2-14-16-15-10-12-8-5-7-11-6-3-4-9-13(11)12/h3-9H,2,10H2,1H3. The van der Waals surface area contributed by atoms with E-state index in [2.05, 4.69) is 42.5 Å². The third-order valence-corrected chi connectivity index (χ3v) is 3.04. The molecule has 0 aliphatic heterocycles. The lowest BCUT2D eigenvalue weighted by atomic mass is 10.1. The molecule has 0 fully saturated rings. The van der Waals surface area contributed by atoms with Crippen molar-refractivity contribution >= 4 is 20.8 Å². The number of hydrogen-bond donors (Lipinski definition) is 0. The molecule has 0 saturated carbocycles. The molecule has 0 aliphatic carbocycles. The van der Waals surface area contributed by atoms with Crippen molar-refractivity contribution in [1.29, 1.82) is 0 Å². The monoisotopic (exact) mass is 230 g/mol. The Hall–Kier alpha value is -1.16. The third kappa shape index (κ3) is 2.69. The quantitative estimate of drug-likeness (QED) is 0.581. The Balaban J connectivity index is 2.11. The minimum Gasteiger partial charge on any atom is -0.393 e. The second-order valence-corrected chi connectivity index (χ2v) is 4.19. The zero-order chi connectivity index (χ0) is 11.2. The van der Waals surface area contributed by atoms with Crippen molar-refractivity contribution in [3.8, 4) is 0 Å². The largest absolute Gasteiger partial charge is 0.433 e. The first-order valence-corrected chi connectivity index (χ1v) is 6.18. The molecule has 0 atom stereocenters. The summed E-state index contributed by atoms with van der Waals surface area (Å²) >= 11 is 0. The molecule has 0 amide bonds. The van der Waals surface area contributed by atoms with Crippen LogP contribution in [0.4, 0.5) is 0 Å². The lowest BCUT2D eigenvalue weighted by Gasteiger charge is -2.06. The predicted octanol–water partition coefficient (Wildman–Crippen LogP) is 2.93. The fraction of sp³-hybridized carbons (Fsp3) is 0.231. The van der Waals surface area contributed by atoms with E-state index >= 15 is 0 Å². The highest BCUT2D eigenvalue weighted by Crippen LogP contribution is 2.18. The van der Waals surface area contributed by atoms with Crippen molar-refractivity contribution in [1.82, 2.24) is 0 Å². The molecule has 2 aromatic rings. The van der Waals surface area contributed by atoms with Crippen LogP contribution in [0.5, 0.6) is 0 Å². The molecule has 0 unspecified atom stereocenters. The van der Waals surface area contributed by atoms with Crippen molar-refractivity contribution in [2.24, 2.45) is 0 Å². The van der Waals surface area contributed by atoms with Crippen molar-refractivity contribution in [3.05, 3.63) is 48.0 Å². The summed E-state index contributed by atoms with van der Waals surface area (Å²) < 4.78 is 10.6. The second-order valence-electron chi connectivity index (χ2n) is 3.44. The zero-order valence-corrected chi connectivity index (χ0v) is 10.3. The minimum atomic E-state index is 0.129. The number of benzene rings is 2. The molecule has 0 bridgehead atoms. The fourth-order valence-corrected chi connectivity index (χ4v) is 2.04. The molecule has 2 aromatic carbocycles. The molecule has 16 heavy (non-hydrogen) atoms. The molecule has 2 rings (SSSR count). The molecule has 0 spiro atoms. The van der Waals surface area contributed by atoms with Crippen LogP contribution < -0.4 is 0 Å². The van der Waals surface area contributed by atoms with E-state index < -0.39 is 0 Å². The molecule has 2 nitrogen and oxygen atoms in total. The van der Waals surface area contributed by atoms with Crippen molar-refractivity contribution in [2.75, 3.05) is 6.61 Å². The summed E-state index contributed by atoms with van der Waals surface area (Å²) in [5.41, 5.74) is 1.21. The summed E-state index contributed by atoms with van der Waals surface area (Å²) in [5, 5.41) is 2.51. The van der Waals surface area contributed by atoms with Gasteiger partial charge in [-0.05, 0) is 23.3 Å². The number of hydrogen-bond acceptors (Lipinski definition) is 2. The van der Waals surface area contributed by atoms with E-state index in [1.807, 2.05) is 6.92 Å². The average Bonchev–Trinajstić information content (AvgIpc) is 2.35. The van der Waals surface area contributed by atoms with Gasteiger partial charge in [-0.3, -0.25) is 0 Å². The summed E-state index contributed by atoms with van der Waals surface area (Å²) in [7, 11) is 0.129. The second kappa shape index (κ2) is 5.79. The highest BCUT2D eigenvalue weighted by Gasteiger charge is 2.00. The van der Waals surface area contributed by atoms with Crippen LogP contribution >= 0.6 is 0 Å². The highest BCUT2D eigenvalue weighted by molar-refractivity contribution is 6.17. The lowest BCUT2D eigenvalue weighted by molar-refractivity contribution is 0.223. The summed E-state index contributed by atoms with van der Waals surface area (Å²) in [5.74, 6) is 0. The van der Waals surface area contributed by atoms with Gasteiger partial charge in [-0.25, -0.2) is 0 Å². The van der Waals surface area contributed by atoms with Crippen LogP contribution in [-0.2, 0) is 15.5 Å². The summed E-state index contributed by atoms with van der Waals surface area (Å²) in [6.07, 6.45) is 0. The smallest absolute Gasteiger partial charge is 0.393 e. The first-order valence-electron chi connectivity index (χ1n) is 5.37. The fourth-order valence-electron chi connectivity index (χ4n) is 1.63. The molecule has 82 valence electrons. The van der Waals surface area contributed by atoms with E-state index in [9.17, 15) is 0 Å². The van der Waals surface area contributed by atoms with Gasteiger partial charge in [0.05, 0.1) is 6.61 Å². The lowest BCUT2D eigenvalue weighted by Crippen LogP contribution is -2.04. The van der Waals surface area contributed by atoms with Gasteiger partial charge in [0, 0.05) is 6.61 Å². The summed E-state index contributed by atoms with van der Waals surface area (Å²) in [6.45, 7) is 3.28. The summed E-state index contributed by atoms with van der Waals surface area (Å²) in [4.78, 5) is 0. The maximum Gasteiger partial charge on any atom is 0.433 e. The van der Waals surface area contributed by atoms with Crippen LogP contribution in [-0.4, -0.2) is 16.6 Å². The van der Waals surface area contributed by atoms with Crippen LogP contribution in [0.2, 0.25) is 0 Å². The molecule has 0 aliphatic rings. The maximum atomic E-state index is 5.47. The molecule has 0 saturated heterocycles. The van der Waals surface area contributed by atoms with Crippen molar-refractivity contribution < 1.29 is 8.85 Å². The first-order chi connectivity index (χ1) is 7.92. The Labute approximate surface area is 98.3 Å². The molecule has 0 aromatic heterocycles. The van der Waals surface area contributed by atoms with Gasteiger partial charge < -0.3 is 8.85 Å². The molecule has 2 radical (unpaired) electrons. The Bertz CT molecular complexity index is 451. The Kier molecular flexibility index (Phi) is 4.10. The predicted molar refractivity (Wildman–Crippen MR) is 66.1 cm³/mol. The van der Waals surface area contributed by atoms with Crippen molar-refractivity contribution in [3.63, 3.8) is 0 Å². The SMILES string of the molecule is CCO[Si]OCc1cccc2ccccc12. The van der Waals surface area contributed by atoms with Crippen LogP contribution in [0.3, 0.4) is 0 Å². The summed E-state index contributed by atoms with van der Waals surface area (Å²) in [6, 6.07) is 14.6. The van der Waals surface area contributed by atoms with Gasteiger partial charge in [-0.15, -0.1) is 0 Å². The van der Waals surface area contributed by atoms with Crippen LogP contribution in [0.15, 0.2) is 42.5 Å². The van der Waals surface area contributed by atoms with E-state index in [1.54, 1.807) is 0 Å². The van der Waals surface area contributed by atoms with Gasteiger partial charge in [-0.1, -0.05) is 42.5 Å². The number of fused-ring (bicyclic) bond motifs is 1. The third-order valence-electron chi connectivity index (χ3n) is 2.37. The molecule has 0 heterocycles. The van der Waals surface area contributed by atoms with E-state index in [-0.39, 0.29) is 10.0 Å². The topological polar surface area (TPSA) is 18.5 Å². The normalized spacial score (nSPS) is 10.8. The zero-order valence-electron chi connectivity index (χ0n) is 9.27. The Morgan fingerprint density at radius 1 is 1.00 bits per heavy atom. The van der Waals surface area contributed by atoms with E-state index in [4.69, 9.17) is 8.85 Å². The van der Waals surface area contributed by atoms with Gasteiger partial charge in [0.1, 0.15) is 0 Å². The molecular formula is C13H14O2Si. The average molecular weight is 230 g/mol. The molecular weight excluding hydrogens is 216 g/mol. The van der Waals surface area contributed by atoms with Gasteiger partial charge >= 0.3 is 10.0 Å². The first kappa shape index (κ1) is 11.3. The van der Waals surface area contributed by atoms with Gasteiger partial charge in [-0.2, -0.15) is 0 Å². The van der Waals surface area contributed by atoms with E-state index in [1.165, 1.54) is 16.3 Å². The minimum absolute atomic E-state index is 0.129. The highest BCUT2D eigenvalue weighted by atomic mass is 28.3. The number of rotatable bonds is 5. The Morgan fingerprint density at radius 2 is 1.81 bits per heavy atom. The van der Waals surface area contributed by atoms with E-state index in [0.717, 1.165) is 0 Å².